The molecule has 0 spiro atoms. The maximum atomic E-state index is 12.4. The van der Waals surface area contributed by atoms with E-state index in [1.54, 1.807) is 6.07 Å². The average Bonchev–Trinajstić information content (AvgIpc) is 2.78. The van der Waals surface area contributed by atoms with Crippen LogP contribution in [0.2, 0.25) is 8.67 Å². The van der Waals surface area contributed by atoms with Gasteiger partial charge in [-0.1, -0.05) is 65.7 Å². The molecule has 0 amide bonds. The molecule has 1 nitrogen and oxygen atoms in total. The fraction of sp³-hybridized carbons (Fsp3) is 0.0625. The Hall–Kier alpha value is -1.35. The summed E-state index contributed by atoms with van der Waals surface area (Å²) in [5.41, 5.74) is 1.51. The summed E-state index contributed by atoms with van der Waals surface area (Å²) in [7, 11) is 0. The number of hydrogen-bond acceptors (Lipinski definition) is 2. The van der Waals surface area contributed by atoms with Gasteiger partial charge in [0, 0.05) is 12.0 Å². The zero-order chi connectivity index (χ0) is 14.1. The summed E-state index contributed by atoms with van der Waals surface area (Å²) in [6.45, 7) is 0. The predicted octanol–water partition coefficient (Wildman–Crippen LogP) is 5.63. The first kappa shape index (κ1) is 13.6. The van der Waals surface area contributed by atoms with E-state index in [1.807, 2.05) is 42.5 Å². The summed E-state index contributed by atoms with van der Waals surface area (Å²) in [4.78, 5) is 12.4. The summed E-state index contributed by atoms with van der Waals surface area (Å²) < 4.78 is 0.997. The van der Waals surface area contributed by atoms with E-state index >= 15 is 0 Å². The third kappa shape index (κ3) is 2.59. The zero-order valence-corrected chi connectivity index (χ0v) is 12.7. The molecule has 3 aromatic rings. The Kier molecular flexibility index (Phi) is 3.79. The Morgan fingerprint density at radius 1 is 1.05 bits per heavy atom. The highest BCUT2D eigenvalue weighted by Crippen LogP contribution is 2.32. The molecule has 0 unspecified atom stereocenters. The summed E-state index contributed by atoms with van der Waals surface area (Å²) in [6.07, 6.45) is 0.328. The van der Waals surface area contributed by atoms with E-state index in [2.05, 4.69) is 0 Å². The van der Waals surface area contributed by atoms with E-state index < -0.39 is 0 Å². The molecular formula is C16H10Cl2OS. The lowest BCUT2D eigenvalue weighted by Gasteiger charge is -2.05. The Labute approximate surface area is 130 Å². The summed E-state index contributed by atoms with van der Waals surface area (Å²) in [6, 6.07) is 15.7. The molecule has 4 heteroatoms. The second-order valence-corrected chi connectivity index (χ2v) is 6.76. The van der Waals surface area contributed by atoms with Gasteiger partial charge in [-0.2, -0.15) is 0 Å². The topological polar surface area (TPSA) is 17.1 Å². The number of Topliss-reactive ketones (excluding diaryl/α,β-unsaturated/α-hetero) is 1. The highest BCUT2D eigenvalue weighted by Gasteiger charge is 2.15. The van der Waals surface area contributed by atoms with Crippen molar-refractivity contribution in [3.63, 3.8) is 0 Å². The predicted molar refractivity (Wildman–Crippen MR) is 86.3 cm³/mol. The molecule has 0 aliphatic heterocycles. The Morgan fingerprint density at radius 3 is 2.55 bits per heavy atom. The SMILES string of the molecule is O=C(Cc1cccc2ccccc12)c1cc(Cl)sc1Cl. The second kappa shape index (κ2) is 5.57. The third-order valence-corrected chi connectivity index (χ3v) is 4.68. The fourth-order valence-corrected chi connectivity index (χ4v) is 3.74. The van der Waals surface area contributed by atoms with Crippen molar-refractivity contribution in [3.05, 3.63) is 68.3 Å². The second-order valence-electron chi connectivity index (χ2n) is 4.48. The Morgan fingerprint density at radius 2 is 1.80 bits per heavy atom. The molecule has 0 radical (unpaired) electrons. The minimum atomic E-state index is -0.00509. The maximum absolute atomic E-state index is 12.4. The number of ketones is 1. The lowest BCUT2D eigenvalue weighted by Crippen LogP contribution is -2.03. The van der Waals surface area contributed by atoms with Gasteiger partial charge in [-0.25, -0.2) is 0 Å². The van der Waals surface area contributed by atoms with Crippen molar-refractivity contribution >= 4 is 51.1 Å². The van der Waals surface area contributed by atoms with Crippen LogP contribution in [0.15, 0.2) is 48.5 Å². The van der Waals surface area contributed by atoms with Crippen LogP contribution in [-0.4, -0.2) is 5.78 Å². The van der Waals surface area contributed by atoms with Crippen molar-refractivity contribution < 1.29 is 4.79 Å². The van der Waals surface area contributed by atoms with E-state index in [-0.39, 0.29) is 5.78 Å². The van der Waals surface area contributed by atoms with Crippen LogP contribution in [0.3, 0.4) is 0 Å². The molecule has 0 fully saturated rings. The Bertz CT molecular complexity index is 787. The number of carbonyl (C=O) groups is 1. The normalized spacial score (nSPS) is 10.9. The van der Waals surface area contributed by atoms with E-state index in [0.29, 0.717) is 20.7 Å². The van der Waals surface area contributed by atoms with Crippen molar-refractivity contribution in [3.8, 4) is 0 Å². The van der Waals surface area contributed by atoms with Gasteiger partial charge < -0.3 is 0 Å². The fourth-order valence-electron chi connectivity index (χ4n) is 2.25. The molecule has 3 rings (SSSR count). The molecule has 0 aliphatic rings. The molecular weight excluding hydrogens is 311 g/mol. The summed E-state index contributed by atoms with van der Waals surface area (Å²) >= 11 is 13.1. The molecule has 0 aliphatic carbocycles. The molecule has 0 atom stereocenters. The van der Waals surface area contributed by atoms with Crippen LogP contribution in [0.25, 0.3) is 10.8 Å². The molecule has 2 aromatic carbocycles. The molecule has 20 heavy (non-hydrogen) atoms. The first-order chi connectivity index (χ1) is 9.65. The van der Waals surface area contributed by atoms with Crippen LogP contribution in [0.5, 0.6) is 0 Å². The summed E-state index contributed by atoms with van der Waals surface area (Å²) in [5, 5.41) is 2.23. The molecule has 0 bridgehead atoms. The number of hydrogen-bond donors (Lipinski definition) is 0. The molecule has 100 valence electrons. The Balaban J connectivity index is 1.97. The van der Waals surface area contributed by atoms with Crippen molar-refractivity contribution in [2.24, 2.45) is 0 Å². The minimum absolute atomic E-state index is 0.00509. The standard InChI is InChI=1S/C16H10Cl2OS/c17-15-9-13(16(18)20-15)14(19)8-11-6-3-5-10-4-1-2-7-12(10)11/h1-7,9H,8H2. The average molecular weight is 321 g/mol. The van der Waals surface area contributed by atoms with Crippen LogP contribution in [0, 0.1) is 0 Å². The molecule has 1 aromatic heterocycles. The number of rotatable bonds is 3. The quantitative estimate of drug-likeness (QED) is 0.571. The van der Waals surface area contributed by atoms with Crippen LogP contribution in [-0.2, 0) is 6.42 Å². The van der Waals surface area contributed by atoms with E-state index in [0.717, 1.165) is 16.3 Å². The number of carbonyl (C=O) groups excluding carboxylic acids is 1. The molecule has 0 saturated carbocycles. The first-order valence-corrected chi connectivity index (χ1v) is 7.67. The van der Waals surface area contributed by atoms with E-state index in [1.165, 1.54) is 11.3 Å². The van der Waals surface area contributed by atoms with Gasteiger partial charge in [0.25, 0.3) is 0 Å². The van der Waals surface area contributed by atoms with Gasteiger partial charge in [0.1, 0.15) is 4.34 Å². The van der Waals surface area contributed by atoms with Crippen LogP contribution in [0.1, 0.15) is 15.9 Å². The summed E-state index contributed by atoms with van der Waals surface area (Å²) in [5.74, 6) is -0.00509. The monoisotopic (exact) mass is 320 g/mol. The van der Waals surface area contributed by atoms with Crippen LogP contribution in [0.4, 0.5) is 0 Å². The zero-order valence-electron chi connectivity index (χ0n) is 10.4. The van der Waals surface area contributed by atoms with Crippen molar-refractivity contribution in [1.82, 2.24) is 0 Å². The van der Waals surface area contributed by atoms with Gasteiger partial charge in [0.2, 0.25) is 0 Å². The third-order valence-electron chi connectivity index (χ3n) is 3.19. The van der Waals surface area contributed by atoms with E-state index in [9.17, 15) is 4.79 Å². The number of halogens is 2. The smallest absolute Gasteiger partial charge is 0.169 e. The highest BCUT2D eigenvalue weighted by molar-refractivity contribution is 7.20. The van der Waals surface area contributed by atoms with Gasteiger partial charge >= 0.3 is 0 Å². The van der Waals surface area contributed by atoms with Crippen molar-refractivity contribution in [2.75, 3.05) is 0 Å². The van der Waals surface area contributed by atoms with Crippen molar-refractivity contribution in [1.29, 1.82) is 0 Å². The molecule has 0 saturated heterocycles. The highest BCUT2D eigenvalue weighted by atomic mass is 35.5. The molecule has 0 N–H and O–H groups in total. The lowest BCUT2D eigenvalue weighted by molar-refractivity contribution is 0.0994. The number of thiophene rings is 1. The van der Waals surface area contributed by atoms with Crippen molar-refractivity contribution in [2.45, 2.75) is 6.42 Å². The lowest BCUT2D eigenvalue weighted by atomic mass is 9.99. The molecule has 1 heterocycles. The van der Waals surface area contributed by atoms with Gasteiger partial charge in [-0.05, 0) is 22.4 Å². The first-order valence-electron chi connectivity index (χ1n) is 6.10. The van der Waals surface area contributed by atoms with Gasteiger partial charge in [0.15, 0.2) is 5.78 Å². The van der Waals surface area contributed by atoms with Gasteiger partial charge in [0.05, 0.1) is 4.34 Å². The van der Waals surface area contributed by atoms with E-state index in [4.69, 9.17) is 23.2 Å². The number of fused-ring (bicyclic) bond motifs is 1. The maximum Gasteiger partial charge on any atom is 0.169 e. The largest absolute Gasteiger partial charge is 0.294 e. The number of benzene rings is 2. The van der Waals surface area contributed by atoms with Crippen LogP contribution >= 0.6 is 34.5 Å². The van der Waals surface area contributed by atoms with Gasteiger partial charge in [-0.15, -0.1) is 11.3 Å². The minimum Gasteiger partial charge on any atom is -0.294 e. The van der Waals surface area contributed by atoms with Gasteiger partial charge in [-0.3, -0.25) is 4.79 Å². The van der Waals surface area contributed by atoms with Crippen LogP contribution < -0.4 is 0 Å².